The fourth-order valence-corrected chi connectivity index (χ4v) is 6.03. The van der Waals surface area contributed by atoms with Crippen molar-refractivity contribution >= 4 is 10.0 Å². The quantitative estimate of drug-likeness (QED) is 0.301. The average molecular weight is 464 g/mol. The van der Waals surface area contributed by atoms with Crippen LogP contribution in [0.3, 0.4) is 0 Å². The molecule has 0 atom stereocenters. The Morgan fingerprint density at radius 3 is 2.38 bits per heavy atom. The zero-order chi connectivity index (χ0) is 23.7. The third-order valence-electron chi connectivity index (χ3n) is 6.12. The van der Waals surface area contributed by atoms with Crippen LogP contribution in [0.5, 0.6) is 11.5 Å². The summed E-state index contributed by atoms with van der Waals surface area (Å²) in [6.07, 6.45) is 12.3. The maximum atomic E-state index is 13.5. The van der Waals surface area contributed by atoms with E-state index in [1.165, 1.54) is 9.88 Å². The lowest BCUT2D eigenvalue weighted by atomic mass is 10.00. The van der Waals surface area contributed by atoms with Crippen LogP contribution in [0.2, 0.25) is 0 Å². The Bertz CT molecular complexity index is 922. The highest BCUT2D eigenvalue weighted by atomic mass is 32.2. The van der Waals surface area contributed by atoms with E-state index in [1.54, 1.807) is 6.07 Å². The molecule has 180 valence electrons. The van der Waals surface area contributed by atoms with Crippen molar-refractivity contribution < 1.29 is 18.6 Å². The van der Waals surface area contributed by atoms with Gasteiger partial charge >= 0.3 is 0 Å². The van der Waals surface area contributed by atoms with Crippen molar-refractivity contribution in [2.75, 3.05) is 13.1 Å². The molecule has 1 saturated heterocycles. The van der Waals surface area contributed by atoms with Crippen LogP contribution in [0.1, 0.15) is 90.2 Å². The second-order valence-corrected chi connectivity index (χ2v) is 11.1. The molecule has 6 heteroatoms. The lowest BCUT2D eigenvalue weighted by Gasteiger charge is -2.28. The zero-order valence-corrected chi connectivity index (χ0v) is 21.1. The normalized spacial score (nSPS) is 15.7. The van der Waals surface area contributed by atoms with Crippen LogP contribution in [0.4, 0.5) is 0 Å². The van der Waals surface area contributed by atoms with Crippen LogP contribution >= 0.6 is 0 Å². The molecule has 0 spiro atoms. The number of allylic oxidation sites excluding steroid dienone is 4. The molecule has 0 aromatic heterocycles. The smallest absolute Gasteiger partial charge is 0.247 e. The number of hydrogen-bond acceptors (Lipinski definition) is 4. The lowest BCUT2D eigenvalue weighted by Crippen LogP contribution is -2.36. The first-order valence-electron chi connectivity index (χ1n) is 12.0. The highest BCUT2D eigenvalue weighted by molar-refractivity contribution is 7.89. The first-order valence-corrected chi connectivity index (χ1v) is 13.5. The summed E-state index contributed by atoms with van der Waals surface area (Å²) in [4.78, 5) is -0.00102. The number of phenolic OH excluding ortho intramolecular Hbond substituents is 2. The van der Waals surface area contributed by atoms with E-state index in [4.69, 9.17) is 0 Å². The number of nitrogens with zero attached hydrogens (tertiary/aromatic N) is 1. The summed E-state index contributed by atoms with van der Waals surface area (Å²) in [7, 11) is -3.82. The van der Waals surface area contributed by atoms with Crippen molar-refractivity contribution in [3.63, 3.8) is 0 Å². The molecule has 0 radical (unpaired) electrons. The molecule has 1 heterocycles. The second-order valence-electron chi connectivity index (χ2n) is 9.21. The minimum Gasteiger partial charge on any atom is -0.508 e. The first kappa shape index (κ1) is 26.5. The minimum absolute atomic E-state index is 0.00102. The fraction of sp³-hybridized carbons (Fsp3) is 0.615. The number of piperidine rings is 1. The van der Waals surface area contributed by atoms with Crippen molar-refractivity contribution in [3.8, 4) is 11.5 Å². The van der Waals surface area contributed by atoms with Crippen molar-refractivity contribution in [2.24, 2.45) is 0 Å². The fourth-order valence-electron chi connectivity index (χ4n) is 4.17. The Hall–Kier alpha value is -1.79. The van der Waals surface area contributed by atoms with Crippen LogP contribution in [-0.4, -0.2) is 36.0 Å². The summed E-state index contributed by atoms with van der Waals surface area (Å²) in [6.45, 7) is 9.22. The maximum Gasteiger partial charge on any atom is 0.247 e. The largest absolute Gasteiger partial charge is 0.508 e. The Balaban J connectivity index is 2.41. The molecule has 32 heavy (non-hydrogen) atoms. The molecular weight excluding hydrogens is 422 g/mol. The molecule has 0 bridgehead atoms. The Labute approximate surface area is 194 Å². The van der Waals surface area contributed by atoms with Gasteiger partial charge in [-0.25, -0.2) is 8.42 Å². The van der Waals surface area contributed by atoms with Crippen LogP contribution < -0.4 is 0 Å². The Morgan fingerprint density at radius 1 is 1.06 bits per heavy atom. The third kappa shape index (κ3) is 7.11. The SMILES string of the molecule is CCCCCc1cc(O)c(CC=C(C)CCC=C(C)C)c(O)c1S(=O)(=O)N1CCCCC1. The van der Waals surface area contributed by atoms with Crippen molar-refractivity contribution in [3.05, 3.63) is 40.5 Å². The first-order chi connectivity index (χ1) is 15.2. The number of benzene rings is 1. The van der Waals surface area contributed by atoms with Gasteiger partial charge in [-0.15, -0.1) is 0 Å². The van der Waals surface area contributed by atoms with E-state index in [1.807, 2.05) is 13.0 Å². The van der Waals surface area contributed by atoms with E-state index in [-0.39, 0.29) is 16.4 Å². The van der Waals surface area contributed by atoms with E-state index in [0.717, 1.165) is 56.9 Å². The molecule has 1 fully saturated rings. The third-order valence-corrected chi connectivity index (χ3v) is 8.14. The van der Waals surface area contributed by atoms with Crippen molar-refractivity contribution in [1.82, 2.24) is 4.31 Å². The van der Waals surface area contributed by atoms with Crippen molar-refractivity contribution in [1.29, 1.82) is 0 Å². The van der Waals surface area contributed by atoms with E-state index in [0.29, 0.717) is 37.1 Å². The van der Waals surface area contributed by atoms with Gasteiger partial charge in [-0.05, 0) is 77.3 Å². The predicted molar refractivity (Wildman–Crippen MR) is 132 cm³/mol. The highest BCUT2D eigenvalue weighted by Crippen LogP contribution is 2.40. The number of hydrogen-bond donors (Lipinski definition) is 2. The van der Waals surface area contributed by atoms with Crippen LogP contribution in [0.15, 0.2) is 34.3 Å². The number of aryl methyl sites for hydroxylation is 1. The monoisotopic (exact) mass is 463 g/mol. The molecule has 0 aliphatic carbocycles. The number of phenols is 2. The highest BCUT2D eigenvalue weighted by Gasteiger charge is 2.33. The second kappa shape index (κ2) is 12.4. The van der Waals surface area contributed by atoms with Crippen LogP contribution in [-0.2, 0) is 22.9 Å². The molecule has 5 nitrogen and oxygen atoms in total. The van der Waals surface area contributed by atoms with Gasteiger partial charge in [-0.1, -0.05) is 49.5 Å². The van der Waals surface area contributed by atoms with Gasteiger partial charge in [0, 0.05) is 18.7 Å². The number of sulfonamides is 1. The number of unbranched alkanes of at least 4 members (excludes halogenated alkanes) is 2. The van der Waals surface area contributed by atoms with Crippen LogP contribution in [0.25, 0.3) is 0 Å². The van der Waals surface area contributed by atoms with Crippen LogP contribution in [0, 0.1) is 0 Å². The Kier molecular flexibility index (Phi) is 10.3. The van der Waals surface area contributed by atoms with E-state index >= 15 is 0 Å². The van der Waals surface area contributed by atoms with E-state index in [9.17, 15) is 18.6 Å². The molecule has 2 N–H and O–H groups in total. The summed E-state index contributed by atoms with van der Waals surface area (Å²) in [5.74, 6) is -0.310. The van der Waals surface area contributed by atoms with Gasteiger partial charge in [-0.2, -0.15) is 4.31 Å². The summed E-state index contributed by atoms with van der Waals surface area (Å²) < 4.78 is 28.6. The number of aromatic hydroxyl groups is 2. The minimum atomic E-state index is -3.82. The summed E-state index contributed by atoms with van der Waals surface area (Å²) in [5, 5.41) is 21.8. The molecule has 1 aliphatic heterocycles. The van der Waals surface area contributed by atoms with Gasteiger partial charge < -0.3 is 10.2 Å². The van der Waals surface area contributed by atoms with Gasteiger partial charge in [0.2, 0.25) is 10.0 Å². The molecule has 0 amide bonds. The molecular formula is C26H41NO4S. The Morgan fingerprint density at radius 2 is 1.75 bits per heavy atom. The lowest BCUT2D eigenvalue weighted by molar-refractivity contribution is 0.343. The van der Waals surface area contributed by atoms with Gasteiger partial charge in [0.1, 0.15) is 16.4 Å². The molecule has 1 aromatic rings. The molecule has 0 saturated carbocycles. The molecule has 1 aliphatic rings. The molecule has 1 aromatic carbocycles. The van der Waals surface area contributed by atoms with Gasteiger partial charge in [-0.3, -0.25) is 0 Å². The van der Waals surface area contributed by atoms with Crippen molar-refractivity contribution in [2.45, 2.75) is 96.8 Å². The zero-order valence-electron chi connectivity index (χ0n) is 20.3. The maximum absolute atomic E-state index is 13.5. The van der Waals surface area contributed by atoms with Gasteiger partial charge in [0.25, 0.3) is 0 Å². The van der Waals surface area contributed by atoms with E-state index < -0.39 is 10.0 Å². The summed E-state index contributed by atoms with van der Waals surface area (Å²) in [5.41, 5.74) is 3.24. The predicted octanol–water partition coefficient (Wildman–Crippen LogP) is 6.24. The molecule has 0 unspecified atom stereocenters. The topological polar surface area (TPSA) is 77.8 Å². The van der Waals surface area contributed by atoms with Gasteiger partial charge in [0.15, 0.2) is 0 Å². The molecule has 2 rings (SSSR count). The number of rotatable bonds is 11. The summed E-state index contributed by atoms with van der Waals surface area (Å²) in [6, 6.07) is 1.56. The van der Waals surface area contributed by atoms with Gasteiger partial charge in [0.05, 0.1) is 0 Å². The standard InChI is InChI=1S/C26H41NO4S/c1-5-6-8-14-22-19-24(28)23(16-15-21(4)13-11-12-20(2)3)25(29)26(22)32(30,31)27-17-9-7-10-18-27/h12,15,19,28-29H,5-11,13-14,16-18H2,1-4H3. The van der Waals surface area contributed by atoms with E-state index in [2.05, 4.69) is 26.8 Å². The summed E-state index contributed by atoms with van der Waals surface area (Å²) >= 11 is 0. The average Bonchev–Trinajstić information content (AvgIpc) is 2.73.